The van der Waals surface area contributed by atoms with Gasteiger partial charge in [-0.2, -0.15) is 8.42 Å². The standard InChI is InChI=1S/C14H19N3O4S/c1-2-3-4-9-15-14(19)11-5-7-12(8-6-11)17-10-13(18)16-22(17,20)21/h5-8H,2-4,9-10H2,1H3,(H,15,19)(H,16,18). The van der Waals surface area contributed by atoms with Crippen molar-refractivity contribution in [2.24, 2.45) is 0 Å². The van der Waals surface area contributed by atoms with Crippen molar-refractivity contribution in [2.45, 2.75) is 26.2 Å². The van der Waals surface area contributed by atoms with Crippen molar-refractivity contribution in [3.05, 3.63) is 29.8 Å². The van der Waals surface area contributed by atoms with E-state index in [9.17, 15) is 18.0 Å². The Hall–Kier alpha value is -2.09. The molecule has 2 amide bonds. The van der Waals surface area contributed by atoms with Crippen LogP contribution in [-0.2, 0) is 15.0 Å². The summed E-state index contributed by atoms with van der Waals surface area (Å²) in [7, 11) is -3.81. The van der Waals surface area contributed by atoms with Crippen LogP contribution in [-0.4, -0.2) is 33.3 Å². The van der Waals surface area contributed by atoms with Crippen molar-refractivity contribution in [1.82, 2.24) is 10.0 Å². The van der Waals surface area contributed by atoms with Crippen molar-refractivity contribution < 1.29 is 18.0 Å². The molecule has 0 aromatic heterocycles. The number of hydrogen-bond donors (Lipinski definition) is 2. The molecular weight excluding hydrogens is 306 g/mol. The SMILES string of the molecule is CCCCCNC(=O)c1ccc(N2CC(=O)NS2(=O)=O)cc1. The molecule has 8 heteroatoms. The zero-order valence-corrected chi connectivity index (χ0v) is 13.1. The smallest absolute Gasteiger partial charge is 0.326 e. The maximum atomic E-state index is 11.9. The molecule has 120 valence electrons. The Morgan fingerprint density at radius 1 is 1.27 bits per heavy atom. The predicted molar refractivity (Wildman–Crippen MR) is 82.7 cm³/mol. The third-order valence-corrected chi connectivity index (χ3v) is 4.71. The van der Waals surface area contributed by atoms with E-state index in [0.717, 1.165) is 23.6 Å². The van der Waals surface area contributed by atoms with Crippen molar-refractivity contribution in [3.8, 4) is 0 Å². The van der Waals surface area contributed by atoms with Gasteiger partial charge in [0, 0.05) is 12.1 Å². The van der Waals surface area contributed by atoms with Gasteiger partial charge in [0.25, 0.3) is 11.8 Å². The van der Waals surface area contributed by atoms with Crippen LogP contribution < -0.4 is 14.3 Å². The minimum absolute atomic E-state index is 0.193. The van der Waals surface area contributed by atoms with Crippen LogP contribution in [0.4, 0.5) is 5.69 Å². The molecule has 0 aliphatic carbocycles. The molecule has 1 aromatic rings. The number of carbonyl (C=O) groups excluding carboxylic acids is 2. The molecule has 7 nitrogen and oxygen atoms in total. The molecule has 0 atom stereocenters. The molecule has 1 aromatic carbocycles. The highest BCUT2D eigenvalue weighted by atomic mass is 32.2. The maximum Gasteiger partial charge on any atom is 0.326 e. The van der Waals surface area contributed by atoms with Gasteiger partial charge >= 0.3 is 10.2 Å². The summed E-state index contributed by atoms with van der Waals surface area (Å²) in [5.41, 5.74) is 0.803. The van der Waals surface area contributed by atoms with E-state index in [-0.39, 0.29) is 12.5 Å². The Balaban J connectivity index is 2.01. The van der Waals surface area contributed by atoms with Crippen LogP contribution in [0, 0.1) is 0 Å². The second-order valence-corrected chi connectivity index (χ2v) is 6.64. The summed E-state index contributed by atoms with van der Waals surface area (Å²) in [6.07, 6.45) is 3.08. The second kappa shape index (κ2) is 6.78. The minimum Gasteiger partial charge on any atom is -0.352 e. The Bertz CT molecular complexity index is 655. The predicted octanol–water partition coefficient (Wildman–Crippen LogP) is 0.788. The maximum absolute atomic E-state index is 11.9. The van der Waals surface area contributed by atoms with E-state index in [1.54, 1.807) is 12.1 Å². The van der Waals surface area contributed by atoms with Crippen molar-refractivity contribution in [2.75, 3.05) is 17.4 Å². The van der Waals surface area contributed by atoms with Gasteiger partial charge in [0.15, 0.2) is 0 Å². The topological polar surface area (TPSA) is 95.6 Å². The summed E-state index contributed by atoms with van der Waals surface area (Å²) in [6, 6.07) is 6.11. The molecule has 0 unspecified atom stereocenters. The first-order valence-electron chi connectivity index (χ1n) is 7.15. The molecule has 1 aliphatic heterocycles. The number of benzene rings is 1. The number of carbonyl (C=O) groups is 2. The van der Waals surface area contributed by atoms with E-state index in [2.05, 4.69) is 12.2 Å². The Morgan fingerprint density at radius 2 is 1.95 bits per heavy atom. The first-order valence-corrected chi connectivity index (χ1v) is 8.59. The van der Waals surface area contributed by atoms with E-state index in [0.29, 0.717) is 17.8 Å². The Morgan fingerprint density at radius 3 is 2.50 bits per heavy atom. The number of nitrogens with one attached hydrogen (secondary N) is 2. The highest BCUT2D eigenvalue weighted by Crippen LogP contribution is 2.20. The number of amides is 2. The summed E-state index contributed by atoms with van der Waals surface area (Å²) >= 11 is 0. The third kappa shape index (κ3) is 3.76. The summed E-state index contributed by atoms with van der Waals surface area (Å²) in [5, 5.41) is 2.81. The number of hydrogen-bond acceptors (Lipinski definition) is 4. The first kappa shape index (κ1) is 16.3. The molecule has 22 heavy (non-hydrogen) atoms. The summed E-state index contributed by atoms with van der Waals surface area (Å²) in [5.74, 6) is -0.765. The molecule has 0 spiro atoms. The highest BCUT2D eigenvalue weighted by Gasteiger charge is 2.33. The molecular formula is C14H19N3O4S. The van der Waals surface area contributed by atoms with Gasteiger partial charge in [0.2, 0.25) is 0 Å². The zero-order valence-electron chi connectivity index (χ0n) is 12.3. The molecule has 1 fully saturated rings. The van der Waals surface area contributed by atoms with E-state index in [4.69, 9.17) is 0 Å². The molecule has 2 N–H and O–H groups in total. The molecule has 0 radical (unpaired) electrons. The fourth-order valence-electron chi connectivity index (χ4n) is 2.13. The van der Waals surface area contributed by atoms with Gasteiger partial charge < -0.3 is 5.32 Å². The van der Waals surface area contributed by atoms with Gasteiger partial charge in [-0.1, -0.05) is 19.8 Å². The van der Waals surface area contributed by atoms with Crippen LogP contribution in [0.25, 0.3) is 0 Å². The van der Waals surface area contributed by atoms with Crippen LogP contribution in [0.2, 0.25) is 0 Å². The second-order valence-electron chi connectivity index (χ2n) is 5.05. The van der Waals surface area contributed by atoms with Crippen LogP contribution in [0.5, 0.6) is 0 Å². The van der Waals surface area contributed by atoms with Crippen molar-refractivity contribution >= 4 is 27.7 Å². The highest BCUT2D eigenvalue weighted by molar-refractivity contribution is 7.92. The van der Waals surface area contributed by atoms with Gasteiger partial charge in [-0.05, 0) is 30.7 Å². The molecule has 1 aliphatic rings. The van der Waals surface area contributed by atoms with Crippen molar-refractivity contribution in [3.63, 3.8) is 0 Å². The summed E-state index contributed by atoms with van der Waals surface area (Å²) in [4.78, 5) is 23.1. The summed E-state index contributed by atoms with van der Waals surface area (Å²) < 4.78 is 26.3. The van der Waals surface area contributed by atoms with Gasteiger partial charge in [-0.3, -0.25) is 9.59 Å². The number of rotatable bonds is 6. The third-order valence-electron chi connectivity index (χ3n) is 3.30. The molecule has 1 heterocycles. The largest absolute Gasteiger partial charge is 0.352 e. The fourth-order valence-corrected chi connectivity index (χ4v) is 3.28. The zero-order chi connectivity index (χ0) is 16.2. The van der Waals surface area contributed by atoms with Crippen molar-refractivity contribution in [1.29, 1.82) is 0 Å². The van der Waals surface area contributed by atoms with E-state index in [1.165, 1.54) is 12.1 Å². The quantitative estimate of drug-likeness (QED) is 0.756. The van der Waals surface area contributed by atoms with Gasteiger partial charge in [-0.25, -0.2) is 9.03 Å². The summed E-state index contributed by atoms with van der Waals surface area (Å²) in [6.45, 7) is 2.46. The van der Waals surface area contributed by atoms with Crippen LogP contribution in [0.15, 0.2) is 24.3 Å². The average molecular weight is 325 g/mol. The lowest BCUT2D eigenvalue weighted by Gasteiger charge is -2.14. The molecule has 1 saturated heterocycles. The van der Waals surface area contributed by atoms with Gasteiger partial charge in [0.1, 0.15) is 6.54 Å². The number of unbranched alkanes of at least 4 members (excludes halogenated alkanes) is 2. The normalized spacial score (nSPS) is 16.4. The van der Waals surface area contributed by atoms with E-state index >= 15 is 0 Å². The van der Waals surface area contributed by atoms with E-state index < -0.39 is 16.1 Å². The number of anilines is 1. The van der Waals surface area contributed by atoms with E-state index in [1.807, 2.05) is 4.72 Å². The average Bonchev–Trinajstić information content (AvgIpc) is 2.76. The molecule has 0 bridgehead atoms. The Kier molecular flexibility index (Phi) is 5.02. The Labute approximate surface area is 129 Å². The fraction of sp³-hybridized carbons (Fsp3) is 0.429. The van der Waals surface area contributed by atoms with Crippen LogP contribution >= 0.6 is 0 Å². The van der Waals surface area contributed by atoms with Gasteiger partial charge in [0.05, 0.1) is 5.69 Å². The number of nitrogens with zero attached hydrogens (tertiary/aromatic N) is 1. The minimum atomic E-state index is -3.81. The lowest BCUT2D eigenvalue weighted by atomic mass is 10.2. The lowest BCUT2D eigenvalue weighted by Crippen LogP contribution is -2.29. The monoisotopic (exact) mass is 325 g/mol. The first-order chi connectivity index (χ1) is 10.4. The van der Waals surface area contributed by atoms with Crippen LogP contribution in [0.1, 0.15) is 36.5 Å². The lowest BCUT2D eigenvalue weighted by molar-refractivity contribution is -0.117. The molecule has 2 rings (SSSR count). The van der Waals surface area contributed by atoms with Gasteiger partial charge in [-0.15, -0.1) is 0 Å². The molecule has 0 saturated carbocycles. The van der Waals surface area contributed by atoms with Crippen LogP contribution in [0.3, 0.4) is 0 Å².